The molecular weight excluding hydrogens is 164 g/mol. The van der Waals surface area contributed by atoms with Gasteiger partial charge in [-0.1, -0.05) is 0 Å². The summed E-state index contributed by atoms with van der Waals surface area (Å²) in [6.07, 6.45) is 0.713. The summed E-state index contributed by atoms with van der Waals surface area (Å²) in [5.74, 6) is 0. The van der Waals surface area contributed by atoms with Gasteiger partial charge in [0, 0.05) is 18.3 Å². The zero-order valence-electron chi connectivity index (χ0n) is 8.83. The van der Waals surface area contributed by atoms with Crippen molar-refractivity contribution in [2.75, 3.05) is 6.61 Å². The van der Waals surface area contributed by atoms with E-state index in [1.165, 1.54) is 11.3 Å². The minimum Gasteiger partial charge on any atom is -0.396 e. The first kappa shape index (κ1) is 10.3. The molecule has 3 nitrogen and oxygen atoms in total. The number of hydrogen-bond donors (Lipinski definition) is 1. The van der Waals surface area contributed by atoms with E-state index in [1.54, 1.807) is 0 Å². The van der Waals surface area contributed by atoms with Crippen LogP contribution in [0.4, 0.5) is 0 Å². The first-order valence-corrected chi connectivity index (χ1v) is 4.73. The standard InChI is InChI=1S/C10H18N2O/c1-7(2)12-9(4)10(5-6-13)8(3)11-12/h7,13H,5-6H2,1-4H3. The fourth-order valence-electron chi connectivity index (χ4n) is 1.67. The molecule has 0 fully saturated rings. The van der Waals surface area contributed by atoms with E-state index < -0.39 is 0 Å². The van der Waals surface area contributed by atoms with E-state index in [2.05, 4.69) is 25.9 Å². The van der Waals surface area contributed by atoms with Crippen LogP contribution in [0.2, 0.25) is 0 Å². The molecule has 0 aliphatic rings. The summed E-state index contributed by atoms with van der Waals surface area (Å²) in [6.45, 7) is 8.48. The minimum atomic E-state index is 0.200. The van der Waals surface area contributed by atoms with Crippen LogP contribution in [0.25, 0.3) is 0 Å². The van der Waals surface area contributed by atoms with E-state index in [-0.39, 0.29) is 6.61 Å². The van der Waals surface area contributed by atoms with Crippen molar-refractivity contribution in [3.8, 4) is 0 Å². The molecule has 0 unspecified atom stereocenters. The van der Waals surface area contributed by atoms with Crippen LogP contribution in [0.15, 0.2) is 0 Å². The van der Waals surface area contributed by atoms with Crippen molar-refractivity contribution >= 4 is 0 Å². The maximum absolute atomic E-state index is 8.88. The van der Waals surface area contributed by atoms with Crippen LogP contribution in [-0.4, -0.2) is 21.5 Å². The van der Waals surface area contributed by atoms with Gasteiger partial charge in [0.15, 0.2) is 0 Å². The third-order valence-electron chi connectivity index (χ3n) is 2.33. The summed E-state index contributed by atoms with van der Waals surface area (Å²) in [6, 6.07) is 0.395. The van der Waals surface area contributed by atoms with Gasteiger partial charge < -0.3 is 5.11 Å². The van der Waals surface area contributed by atoms with Crippen molar-refractivity contribution in [2.24, 2.45) is 0 Å². The van der Waals surface area contributed by atoms with E-state index in [9.17, 15) is 0 Å². The molecule has 0 atom stereocenters. The summed E-state index contributed by atoms with van der Waals surface area (Å²) in [4.78, 5) is 0. The van der Waals surface area contributed by atoms with Crippen LogP contribution in [-0.2, 0) is 6.42 Å². The van der Waals surface area contributed by atoms with E-state index in [0.717, 1.165) is 5.69 Å². The molecule has 1 N–H and O–H groups in total. The Hall–Kier alpha value is -0.830. The average molecular weight is 182 g/mol. The lowest BCUT2D eigenvalue weighted by Crippen LogP contribution is -2.05. The van der Waals surface area contributed by atoms with Gasteiger partial charge in [0.25, 0.3) is 0 Å². The number of aromatic nitrogens is 2. The lowest BCUT2D eigenvalue weighted by atomic mass is 10.1. The highest BCUT2D eigenvalue weighted by molar-refractivity contribution is 5.24. The van der Waals surface area contributed by atoms with Gasteiger partial charge in [-0.25, -0.2) is 0 Å². The third-order valence-corrected chi connectivity index (χ3v) is 2.33. The van der Waals surface area contributed by atoms with Crippen molar-refractivity contribution in [2.45, 2.75) is 40.2 Å². The summed E-state index contributed by atoms with van der Waals surface area (Å²) in [7, 11) is 0. The molecule has 1 aromatic rings. The van der Waals surface area contributed by atoms with Crippen LogP contribution >= 0.6 is 0 Å². The normalized spacial score (nSPS) is 11.2. The molecule has 0 aliphatic carbocycles. The van der Waals surface area contributed by atoms with E-state index >= 15 is 0 Å². The van der Waals surface area contributed by atoms with Gasteiger partial charge in [-0.2, -0.15) is 5.10 Å². The summed E-state index contributed by atoms with van der Waals surface area (Å²) >= 11 is 0. The van der Waals surface area contributed by atoms with Crippen molar-refractivity contribution in [3.05, 3.63) is 17.0 Å². The Balaban J connectivity index is 3.07. The molecule has 0 saturated carbocycles. The Morgan fingerprint density at radius 1 is 1.38 bits per heavy atom. The molecule has 0 aromatic carbocycles. The molecule has 0 bridgehead atoms. The average Bonchev–Trinajstić information content (AvgIpc) is 2.32. The molecule has 0 amide bonds. The Bertz CT molecular complexity index is 289. The molecule has 13 heavy (non-hydrogen) atoms. The Morgan fingerprint density at radius 2 is 2.00 bits per heavy atom. The van der Waals surface area contributed by atoms with Crippen molar-refractivity contribution in [3.63, 3.8) is 0 Å². The van der Waals surface area contributed by atoms with Gasteiger partial charge in [-0.05, 0) is 39.7 Å². The van der Waals surface area contributed by atoms with Gasteiger partial charge in [0.05, 0.1) is 5.69 Å². The van der Waals surface area contributed by atoms with Crippen molar-refractivity contribution < 1.29 is 5.11 Å². The first-order valence-electron chi connectivity index (χ1n) is 4.73. The van der Waals surface area contributed by atoms with Gasteiger partial charge in [-0.3, -0.25) is 4.68 Å². The molecule has 1 heterocycles. The second-order valence-corrected chi connectivity index (χ2v) is 3.66. The number of hydrogen-bond acceptors (Lipinski definition) is 2. The van der Waals surface area contributed by atoms with E-state index in [4.69, 9.17) is 5.11 Å². The van der Waals surface area contributed by atoms with Crippen LogP contribution < -0.4 is 0 Å². The van der Waals surface area contributed by atoms with Gasteiger partial charge >= 0.3 is 0 Å². The smallest absolute Gasteiger partial charge is 0.0629 e. The van der Waals surface area contributed by atoms with E-state index in [0.29, 0.717) is 12.5 Å². The number of aliphatic hydroxyl groups excluding tert-OH is 1. The highest BCUT2D eigenvalue weighted by Crippen LogP contribution is 2.17. The largest absolute Gasteiger partial charge is 0.396 e. The number of nitrogens with zero attached hydrogens (tertiary/aromatic N) is 2. The van der Waals surface area contributed by atoms with Crippen LogP contribution in [0.1, 0.15) is 36.8 Å². The Kier molecular flexibility index (Phi) is 3.09. The SMILES string of the molecule is Cc1nn(C(C)C)c(C)c1CCO. The second-order valence-electron chi connectivity index (χ2n) is 3.66. The molecule has 0 aliphatic heterocycles. The van der Waals surface area contributed by atoms with Gasteiger partial charge in [-0.15, -0.1) is 0 Å². The molecule has 0 radical (unpaired) electrons. The van der Waals surface area contributed by atoms with Gasteiger partial charge in [0.2, 0.25) is 0 Å². The lowest BCUT2D eigenvalue weighted by Gasteiger charge is -2.08. The maximum atomic E-state index is 8.88. The predicted molar refractivity (Wildman–Crippen MR) is 52.9 cm³/mol. The zero-order chi connectivity index (χ0) is 10.0. The van der Waals surface area contributed by atoms with E-state index in [1.807, 2.05) is 11.6 Å². The molecule has 1 rings (SSSR count). The highest BCUT2D eigenvalue weighted by Gasteiger charge is 2.11. The Morgan fingerprint density at radius 3 is 2.38 bits per heavy atom. The molecule has 0 spiro atoms. The van der Waals surface area contributed by atoms with Crippen LogP contribution in [0.5, 0.6) is 0 Å². The number of aryl methyl sites for hydroxylation is 1. The molecule has 0 saturated heterocycles. The molecular formula is C10H18N2O. The second kappa shape index (κ2) is 3.92. The monoisotopic (exact) mass is 182 g/mol. The lowest BCUT2D eigenvalue weighted by molar-refractivity contribution is 0.299. The third kappa shape index (κ3) is 1.91. The number of aliphatic hydroxyl groups is 1. The molecule has 74 valence electrons. The van der Waals surface area contributed by atoms with Crippen molar-refractivity contribution in [1.82, 2.24) is 9.78 Å². The maximum Gasteiger partial charge on any atom is 0.0629 e. The summed E-state index contributed by atoms with van der Waals surface area (Å²) in [5, 5.41) is 13.3. The summed E-state index contributed by atoms with van der Waals surface area (Å²) < 4.78 is 2.01. The van der Waals surface area contributed by atoms with Crippen molar-refractivity contribution in [1.29, 1.82) is 0 Å². The van der Waals surface area contributed by atoms with Gasteiger partial charge in [0.1, 0.15) is 0 Å². The molecule has 1 aromatic heterocycles. The minimum absolute atomic E-state index is 0.200. The van der Waals surface area contributed by atoms with Crippen LogP contribution in [0.3, 0.4) is 0 Å². The first-order chi connectivity index (χ1) is 6.07. The molecule has 3 heteroatoms. The topological polar surface area (TPSA) is 38.0 Å². The predicted octanol–water partition coefficient (Wildman–Crippen LogP) is 1.62. The quantitative estimate of drug-likeness (QED) is 0.771. The highest BCUT2D eigenvalue weighted by atomic mass is 16.2. The fourth-order valence-corrected chi connectivity index (χ4v) is 1.67. The zero-order valence-corrected chi connectivity index (χ0v) is 8.83. The summed E-state index contributed by atoms with van der Waals surface area (Å²) in [5.41, 5.74) is 3.41. The Labute approximate surface area is 79.4 Å². The van der Waals surface area contributed by atoms with Crippen LogP contribution in [0, 0.1) is 13.8 Å². The number of rotatable bonds is 3. The fraction of sp³-hybridized carbons (Fsp3) is 0.700.